The highest BCUT2D eigenvalue weighted by Gasteiger charge is 2.51. The summed E-state index contributed by atoms with van der Waals surface area (Å²) in [6.07, 6.45) is 0.956. The Labute approximate surface area is 124 Å². The molecule has 0 heterocycles. The lowest BCUT2D eigenvalue weighted by molar-refractivity contribution is -0.139. The van der Waals surface area contributed by atoms with Gasteiger partial charge in [-0.2, -0.15) is 0 Å². The van der Waals surface area contributed by atoms with E-state index >= 15 is 0 Å². The number of aliphatic carboxylic acids is 1. The van der Waals surface area contributed by atoms with Crippen molar-refractivity contribution in [1.82, 2.24) is 4.90 Å². The molecule has 0 aliphatic heterocycles. The molecule has 1 N–H and O–H groups in total. The lowest BCUT2D eigenvalue weighted by atomic mass is 10.1. The molecule has 1 amide bonds. The Morgan fingerprint density at radius 2 is 1.90 bits per heavy atom. The van der Waals surface area contributed by atoms with Crippen molar-refractivity contribution in [2.24, 2.45) is 11.3 Å². The Kier molecular flexibility index (Phi) is 4.21. The zero-order valence-electron chi connectivity index (χ0n) is 12.6. The van der Waals surface area contributed by atoms with Gasteiger partial charge in [-0.3, -0.25) is 4.79 Å². The Morgan fingerprint density at radius 1 is 1.33 bits per heavy atom. The van der Waals surface area contributed by atoms with Crippen LogP contribution in [-0.4, -0.2) is 35.5 Å². The monoisotopic (exact) mass is 291 g/mol. The van der Waals surface area contributed by atoms with E-state index in [1.165, 1.54) is 0 Å². The Bertz CT molecular complexity index is 536. The van der Waals surface area contributed by atoms with Crippen LogP contribution in [0.1, 0.15) is 25.8 Å². The molecule has 5 heteroatoms. The molecular weight excluding hydrogens is 270 g/mol. The molecule has 114 valence electrons. The molecule has 0 aromatic heterocycles. The SMILES string of the molecule is CN(Cc1ccc(OCC(=O)O)cc1)C(=O)C1CC1(C)C. The molecule has 1 aromatic rings. The lowest BCUT2D eigenvalue weighted by Gasteiger charge is -2.18. The number of nitrogens with zero attached hydrogens (tertiary/aromatic N) is 1. The fourth-order valence-corrected chi connectivity index (χ4v) is 2.34. The lowest BCUT2D eigenvalue weighted by Crippen LogP contribution is -2.28. The maximum absolute atomic E-state index is 12.2. The molecule has 0 spiro atoms. The summed E-state index contributed by atoms with van der Waals surface area (Å²) < 4.78 is 5.07. The summed E-state index contributed by atoms with van der Waals surface area (Å²) in [6.45, 7) is 4.41. The van der Waals surface area contributed by atoms with E-state index in [1.54, 1.807) is 17.0 Å². The number of carboxylic acid groups (broad SMARTS) is 1. The molecule has 5 nitrogen and oxygen atoms in total. The van der Waals surface area contributed by atoms with Crippen molar-refractivity contribution in [2.75, 3.05) is 13.7 Å². The van der Waals surface area contributed by atoms with Gasteiger partial charge < -0.3 is 14.7 Å². The quantitative estimate of drug-likeness (QED) is 0.872. The number of carboxylic acids is 1. The topological polar surface area (TPSA) is 66.8 Å². The van der Waals surface area contributed by atoms with E-state index in [0.717, 1.165) is 12.0 Å². The van der Waals surface area contributed by atoms with Crippen LogP contribution in [0.5, 0.6) is 5.75 Å². The minimum atomic E-state index is -1.00. The van der Waals surface area contributed by atoms with Gasteiger partial charge in [0.15, 0.2) is 6.61 Å². The fraction of sp³-hybridized carbons (Fsp3) is 0.500. The molecule has 0 saturated heterocycles. The van der Waals surface area contributed by atoms with Crippen molar-refractivity contribution in [3.05, 3.63) is 29.8 Å². The van der Waals surface area contributed by atoms with Gasteiger partial charge in [0, 0.05) is 19.5 Å². The smallest absolute Gasteiger partial charge is 0.341 e. The number of hydrogen-bond acceptors (Lipinski definition) is 3. The van der Waals surface area contributed by atoms with Crippen LogP contribution >= 0.6 is 0 Å². The van der Waals surface area contributed by atoms with Crippen LogP contribution in [0.15, 0.2) is 24.3 Å². The first-order valence-corrected chi connectivity index (χ1v) is 6.98. The number of carbonyl (C=O) groups is 2. The van der Waals surface area contributed by atoms with Crippen LogP contribution in [-0.2, 0) is 16.1 Å². The fourth-order valence-electron chi connectivity index (χ4n) is 2.34. The molecule has 1 atom stereocenters. The molecule has 2 rings (SSSR count). The van der Waals surface area contributed by atoms with Gasteiger partial charge >= 0.3 is 5.97 Å². The van der Waals surface area contributed by atoms with Crippen LogP contribution in [0, 0.1) is 11.3 Å². The molecule has 1 aromatic carbocycles. The van der Waals surface area contributed by atoms with Crippen molar-refractivity contribution >= 4 is 11.9 Å². The Balaban J connectivity index is 1.88. The van der Waals surface area contributed by atoms with E-state index in [0.29, 0.717) is 12.3 Å². The number of ether oxygens (including phenoxy) is 1. The highest BCUT2D eigenvalue weighted by molar-refractivity contribution is 5.82. The second-order valence-corrected chi connectivity index (χ2v) is 6.27. The van der Waals surface area contributed by atoms with E-state index in [1.807, 2.05) is 19.2 Å². The van der Waals surface area contributed by atoms with Crippen LogP contribution in [0.3, 0.4) is 0 Å². The summed E-state index contributed by atoms with van der Waals surface area (Å²) in [5.41, 5.74) is 1.13. The first-order valence-electron chi connectivity index (χ1n) is 6.98. The summed E-state index contributed by atoms with van der Waals surface area (Å²) >= 11 is 0. The molecule has 21 heavy (non-hydrogen) atoms. The average Bonchev–Trinajstić information content (AvgIpc) is 3.06. The summed E-state index contributed by atoms with van der Waals surface area (Å²) in [7, 11) is 1.81. The second-order valence-electron chi connectivity index (χ2n) is 6.27. The second kappa shape index (κ2) is 5.76. The zero-order chi connectivity index (χ0) is 15.6. The molecule has 0 radical (unpaired) electrons. The van der Waals surface area contributed by atoms with Gasteiger partial charge in [-0.15, -0.1) is 0 Å². The normalized spacial score (nSPS) is 18.9. The van der Waals surface area contributed by atoms with E-state index < -0.39 is 5.97 Å². The molecule has 0 bridgehead atoms. The zero-order valence-corrected chi connectivity index (χ0v) is 12.6. The van der Waals surface area contributed by atoms with E-state index in [4.69, 9.17) is 9.84 Å². The highest BCUT2D eigenvalue weighted by atomic mass is 16.5. The average molecular weight is 291 g/mol. The van der Waals surface area contributed by atoms with Gasteiger partial charge in [-0.25, -0.2) is 4.79 Å². The highest BCUT2D eigenvalue weighted by Crippen LogP contribution is 2.52. The third-order valence-electron chi connectivity index (χ3n) is 3.89. The van der Waals surface area contributed by atoms with Crippen molar-refractivity contribution < 1.29 is 19.4 Å². The third kappa shape index (κ3) is 3.97. The van der Waals surface area contributed by atoms with Gasteiger partial charge in [0.1, 0.15) is 5.75 Å². The first-order chi connectivity index (χ1) is 9.79. The molecule has 1 fully saturated rings. The number of carbonyl (C=O) groups excluding carboxylic acids is 1. The van der Waals surface area contributed by atoms with E-state index in [-0.39, 0.29) is 23.8 Å². The number of rotatable bonds is 6. The van der Waals surface area contributed by atoms with Crippen LogP contribution < -0.4 is 4.74 Å². The van der Waals surface area contributed by atoms with E-state index in [2.05, 4.69) is 13.8 Å². The molecule has 1 aliphatic rings. The Morgan fingerprint density at radius 3 is 2.38 bits per heavy atom. The predicted molar refractivity (Wildman–Crippen MR) is 77.9 cm³/mol. The largest absolute Gasteiger partial charge is 0.482 e. The minimum Gasteiger partial charge on any atom is -0.482 e. The standard InChI is InChI=1S/C16H21NO4/c1-16(2)8-13(16)15(20)17(3)9-11-4-6-12(7-5-11)21-10-14(18)19/h4-7,13H,8-10H2,1-3H3,(H,18,19). The number of hydrogen-bond donors (Lipinski definition) is 1. The summed E-state index contributed by atoms with van der Waals surface area (Å²) in [4.78, 5) is 24.4. The van der Waals surface area contributed by atoms with Gasteiger partial charge in [0.2, 0.25) is 5.91 Å². The first kappa shape index (κ1) is 15.4. The molecule has 1 saturated carbocycles. The maximum atomic E-state index is 12.2. The molecular formula is C16H21NO4. The molecule has 1 aliphatic carbocycles. The maximum Gasteiger partial charge on any atom is 0.341 e. The van der Waals surface area contributed by atoms with Crippen molar-refractivity contribution in [1.29, 1.82) is 0 Å². The van der Waals surface area contributed by atoms with Crippen LogP contribution in [0.2, 0.25) is 0 Å². The number of amides is 1. The van der Waals surface area contributed by atoms with Crippen molar-refractivity contribution in [2.45, 2.75) is 26.8 Å². The van der Waals surface area contributed by atoms with Gasteiger partial charge in [-0.1, -0.05) is 26.0 Å². The van der Waals surface area contributed by atoms with Crippen LogP contribution in [0.4, 0.5) is 0 Å². The molecule has 1 unspecified atom stereocenters. The third-order valence-corrected chi connectivity index (χ3v) is 3.89. The minimum absolute atomic E-state index is 0.139. The van der Waals surface area contributed by atoms with E-state index in [9.17, 15) is 9.59 Å². The predicted octanol–water partition coefficient (Wildman–Crippen LogP) is 2.15. The summed E-state index contributed by atoms with van der Waals surface area (Å²) in [6, 6.07) is 7.13. The van der Waals surface area contributed by atoms with Gasteiger partial charge in [-0.05, 0) is 29.5 Å². The van der Waals surface area contributed by atoms with Crippen molar-refractivity contribution in [3.8, 4) is 5.75 Å². The Hall–Kier alpha value is -2.04. The summed E-state index contributed by atoms with van der Waals surface area (Å²) in [5.74, 6) is -0.165. The van der Waals surface area contributed by atoms with Crippen molar-refractivity contribution in [3.63, 3.8) is 0 Å². The van der Waals surface area contributed by atoms with Crippen LogP contribution in [0.25, 0.3) is 0 Å². The number of benzene rings is 1. The van der Waals surface area contributed by atoms with Gasteiger partial charge in [0.05, 0.1) is 0 Å². The summed E-state index contributed by atoms with van der Waals surface area (Å²) in [5, 5.41) is 8.54. The van der Waals surface area contributed by atoms with Gasteiger partial charge in [0.25, 0.3) is 0 Å².